The summed E-state index contributed by atoms with van der Waals surface area (Å²) >= 11 is 0. The normalized spacial score (nSPS) is 12.8. The van der Waals surface area contributed by atoms with Crippen molar-refractivity contribution in [1.29, 1.82) is 0 Å². The highest BCUT2D eigenvalue weighted by atomic mass is 15.1. The topological polar surface area (TPSA) is 32.5 Å². The molecule has 0 heterocycles. The molecule has 0 unspecified atom stereocenters. The van der Waals surface area contributed by atoms with Gasteiger partial charge in [0.25, 0.3) is 0 Å². The van der Waals surface area contributed by atoms with Crippen LogP contribution in [-0.2, 0) is 5.41 Å². The molecule has 1 aliphatic carbocycles. The molecule has 6 aromatic rings. The Morgan fingerprint density at radius 1 is 0.442 bits per heavy atom. The predicted octanol–water partition coefficient (Wildman–Crippen LogP) is 10.3. The van der Waals surface area contributed by atoms with Crippen molar-refractivity contribution in [2.75, 3.05) is 16.3 Å². The number of para-hydroxylation sites is 4. The molecule has 2 N–H and O–H groups in total. The molecule has 210 valence electrons. The van der Waals surface area contributed by atoms with Crippen LogP contribution in [0.5, 0.6) is 0 Å². The van der Waals surface area contributed by atoms with Crippen molar-refractivity contribution < 1.29 is 0 Å². The zero-order chi connectivity index (χ0) is 29.2. The number of anilines is 6. The molecule has 0 spiro atoms. The lowest BCUT2D eigenvalue weighted by molar-refractivity contribution is 0.541. The van der Waals surface area contributed by atoms with E-state index in [2.05, 4.69) is 174 Å². The van der Waals surface area contributed by atoms with Gasteiger partial charge in [-0.05, 0) is 108 Å². The maximum atomic E-state index is 6.35. The van der Waals surface area contributed by atoms with Crippen molar-refractivity contribution in [3.63, 3.8) is 0 Å². The molecule has 0 saturated heterocycles. The predicted molar refractivity (Wildman–Crippen MR) is 181 cm³/mol. The van der Waals surface area contributed by atoms with Crippen LogP contribution in [-0.4, -0.2) is 6.54 Å². The molecule has 0 fully saturated rings. The van der Waals surface area contributed by atoms with E-state index in [4.69, 9.17) is 5.73 Å². The van der Waals surface area contributed by atoms with Gasteiger partial charge in [-0.1, -0.05) is 91.9 Å². The highest BCUT2D eigenvalue weighted by Gasteiger charge is 2.39. The van der Waals surface area contributed by atoms with Crippen LogP contribution in [0.4, 0.5) is 34.1 Å². The second-order valence-electron chi connectivity index (χ2n) is 11.3. The number of fused-ring (bicyclic) bond motifs is 3. The molecular weight excluding hydrogens is 522 g/mol. The molecule has 0 aliphatic heterocycles. The van der Waals surface area contributed by atoms with E-state index in [9.17, 15) is 0 Å². The highest BCUT2D eigenvalue weighted by Crippen LogP contribution is 2.53. The second-order valence-corrected chi connectivity index (χ2v) is 11.3. The smallest absolute Gasteiger partial charge is 0.0465 e. The lowest BCUT2D eigenvalue weighted by atomic mass is 9.77. The monoisotopic (exact) mass is 557 g/mol. The van der Waals surface area contributed by atoms with Gasteiger partial charge in [0.1, 0.15) is 0 Å². The molecule has 3 heteroatoms. The summed E-state index contributed by atoms with van der Waals surface area (Å²) in [5, 5.41) is 0. The first-order chi connectivity index (χ1) is 21.2. The Labute approximate surface area is 254 Å². The summed E-state index contributed by atoms with van der Waals surface area (Å²) in [5.41, 5.74) is 18.1. The second kappa shape index (κ2) is 11.3. The molecule has 0 amide bonds. The van der Waals surface area contributed by atoms with E-state index in [0.29, 0.717) is 6.54 Å². The van der Waals surface area contributed by atoms with Crippen LogP contribution < -0.4 is 15.5 Å². The maximum Gasteiger partial charge on any atom is 0.0465 e. The van der Waals surface area contributed by atoms with Crippen LogP contribution in [0.25, 0.3) is 11.1 Å². The average molecular weight is 558 g/mol. The Bertz CT molecular complexity index is 1620. The van der Waals surface area contributed by atoms with E-state index < -0.39 is 0 Å². The Morgan fingerprint density at radius 2 is 0.767 bits per heavy atom. The fourth-order valence-corrected chi connectivity index (χ4v) is 6.63. The summed E-state index contributed by atoms with van der Waals surface area (Å²) in [5.74, 6) is 0. The van der Waals surface area contributed by atoms with Crippen LogP contribution >= 0.6 is 0 Å². The van der Waals surface area contributed by atoms with Gasteiger partial charge in [-0.3, -0.25) is 0 Å². The number of hydrogen-bond donors (Lipinski definition) is 1. The lowest BCUT2D eigenvalue weighted by Gasteiger charge is -2.31. The largest absolute Gasteiger partial charge is 0.330 e. The Kier molecular flexibility index (Phi) is 7.02. The third kappa shape index (κ3) is 4.78. The van der Waals surface area contributed by atoms with Crippen LogP contribution in [0, 0.1) is 0 Å². The van der Waals surface area contributed by atoms with E-state index in [1.165, 1.54) is 22.3 Å². The van der Waals surface area contributed by atoms with Crippen LogP contribution in [0.15, 0.2) is 158 Å². The van der Waals surface area contributed by atoms with Crippen LogP contribution in [0.2, 0.25) is 0 Å². The summed E-state index contributed by atoms with van der Waals surface area (Å²) in [7, 11) is 0. The first-order valence-electron chi connectivity index (χ1n) is 15.0. The van der Waals surface area contributed by atoms with Gasteiger partial charge in [0.15, 0.2) is 0 Å². The SMILES string of the molecule is CC1(CCN)c2cc(N(c3ccccc3)c3ccccc3)ccc2-c2ccc(N(c3ccccc3)c3ccccc3)cc21. The molecule has 0 atom stereocenters. The zero-order valence-corrected chi connectivity index (χ0v) is 24.4. The average Bonchev–Trinajstić information content (AvgIpc) is 3.30. The molecule has 6 aromatic carbocycles. The van der Waals surface area contributed by atoms with E-state index in [1.54, 1.807) is 0 Å². The van der Waals surface area contributed by atoms with E-state index in [1.807, 2.05) is 0 Å². The Hall–Kier alpha value is -5.12. The first kappa shape index (κ1) is 26.8. The van der Waals surface area contributed by atoms with Gasteiger partial charge in [0.05, 0.1) is 0 Å². The molecule has 0 aromatic heterocycles. The Morgan fingerprint density at radius 3 is 1.07 bits per heavy atom. The van der Waals surface area contributed by atoms with Gasteiger partial charge in [0, 0.05) is 39.5 Å². The van der Waals surface area contributed by atoms with Crippen molar-refractivity contribution >= 4 is 34.1 Å². The zero-order valence-electron chi connectivity index (χ0n) is 24.4. The molecule has 0 radical (unpaired) electrons. The number of nitrogens with zero attached hydrogens (tertiary/aromatic N) is 2. The van der Waals surface area contributed by atoms with Gasteiger partial charge >= 0.3 is 0 Å². The molecular formula is C40H35N3. The number of nitrogens with two attached hydrogens (primary N) is 1. The highest BCUT2D eigenvalue weighted by molar-refractivity contribution is 5.88. The quantitative estimate of drug-likeness (QED) is 0.202. The van der Waals surface area contributed by atoms with Crippen molar-refractivity contribution in [1.82, 2.24) is 0 Å². The summed E-state index contributed by atoms with van der Waals surface area (Å²) in [6.45, 7) is 2.97. The number of hydrogen-bond acceptors (Lipinski definition) is 3. The molecule has 7 rings (SSSR count). The van der Waals surface area contributed by atoms with E-state index in [0.717, 1.165) is 40.5 Å². The minimum Gasteiger partial charge on any atom is -0.330 e. The third-order valence-electron chi connectivity index (χ3n) is 8.70. The molecule has 43 heavy (non-hydrogen) atoms. The molecule has 1 aliphatic rings. The van der Waals surface area contributed by atoms with Crippen molar-refractivity contribution in [3.8, 4) is 11.1 Å². The maximum absolute atomic E-state index is 6.35. The van der Waals surface area contributed by atoms with Crippen molar-refractivity contribution in [2.24, 2.45) is 5.73 Å². The van der Waals surface area contributed by atoms with E-state index in [-0.39, 0.29) is 5.41 Å². The van der Waals surface area contributed by atoms with Crippen molar-refractivity contribution in [2.45, 2.75) is 18.8 Å². The summed E-state index contributed by atoms with van der Waals surface area (Å²) < 4.78 is 0. The number of rotatable bonds is 8. The van der Waals surface area contributed by atoms with Gasteiger partial charge in [0.2, 0.25) is 0 Å². The van der Waals surface area contributed by atoms with Crippen LogP contribution in [0.3, 0.4) is 0 Å². The lowest BCUT2D eigenvalue weighted by Crippen LogP contribution is -2.25. The first-order valence-corrected chi connectivity index (χ1v) is 15.0. The van der Waals surface area contributed by atoms with Gasteiger partial charge in [-0.2, -0.15) is 0 Å². The summed E-state index contributed by atoms with van der Waals surface area (Å²) in [6.07, 6.45) is 0.854. The summed E-state index contributed by atoms with van der Waals surface area (Å²) in [6, 6.07) is 56.3. The summed E-state index contributed by atoms with van der Waals surface area (Å²) in [4.78, 5) is 4.67. The minimum absolute atomic E-state index is 0.233. The fraction of sp³-hybridized carbons (Fsp3) is 0.100. The minimum atomic E-state index is -0.233. The van der Waals surface area contributed by atoms with Crippen molar-refractivity contribution in [3.05, 3.63) is 169 Å². The molecule has 3 nitrogen and oxygen atoms in total. The fourth-order valence-electron chi connectivity index (χ4n) is 6.63. The van der Waals surface area contributed by atoms with Gasteiger partial charge in [-0.15, -0.1) is 0 Å². The van der Waals surface area contributed by atoms with Crippen LogP contribution in [0.1, 0.15) is 24.5 Å². The molecule has 0 saturated carbocycles. The standard InChI is InChI=1S/C40H35N3/c1-40(26-27-41)38-28-34(42(30-14-6-2-7-15-30)31-16-8-3-9-17-31)22-24-36(38)37-25-23-35(29-39(37)40)43(32-18-10-4-11-19-32)33-20-12-5-13-21-33/h2-25,28-29H,26-27,41H2,1H3. The molecule has 0 bridgehead atoms. The number of benzene rings is 6. The van der Waals surface area contributed by atoms with E-state index >= 15 is 0 Å². The van der Waals surface area contributed by atoms with Gasteiger partial charge in [-0.25, -0.2) is 0 Å². The van der Waals surface area contributed by atoms with Gasteiger partial charge < -0.3 is 15.5 Å². The Balaban J connectivity index is 1.37. The third-order valence-corrected chi connectivity index (χ3v) is 8.70.